The second-order valence-electron chi connectivity index (χ2n) is 4.28. The minimum atomic E-state index is 0.344. The van der Waals surface area contributed by atoms with Crippen molar-refractivity contribution >= 4 is 5.95 Å². The molecule has 1 aromatic rings. The highest BCUT2D eigenvalue weighted by atomic mass is 16.5. The van der Waals surface area contributed by atoms with E-state index in [0.717, 1.165) is 5.69 Å². The lowest BCUT2D eigenvalue weighted by Crippen LogP contribution is -2.23. The lowest BCUT2D eigenvalue weighted by Gasteiger charge is -2.17. The molecular formula is C12H21N3O. The zero-order valence-corrected chi connectivity index (χ0v) is 10.7. The Morgan fingerprint density at radius 3 is 2.56 bits per heavy atom. The number of aryl methyl sites for hydroxylation is 1. The fraction of sp³-hybridized carbons (Fsp3) is 0.667. The molecule has 1 rings (SSSR count). The number of rotatable bonds is 5. The van der Waals surface area contributed by atoms with Gasteiger partial charge in [0.1, 0.15) is 0 Å². The van der Waals surface area contributed by atoms with E-state index in [1.807, 2.05) is 19.9 Å². The summed E-state index contributed by atoms with van der Waals surface area (Å²) in [7, 11) is 0. The van der Waals surface area contributed by atoms with Gasteiger partial charge in [0, 0.05) is 17.8 Å². The molecule has 1 atom stereocenters. The van der Waals surface area contributed by atoms with Crippen LogP contribution in [0, 0.1) is 12.8 Å². The SMILES string of the molecule is CCOc1cc(C)nc(NC(C)C(C)C)n1. The maximum atomic E-state index is 5.38. The Morgan fingerprint density at radius 2 is 2.00 bits per heavy atom. The third-order valence-corrected chi connectivity index (χ3v) is 2.48. The monoisotopic (exact) mass is 223 g/mol. The van der Waals surface area contributed by atoms with Gasteiger partial charge >= 0.3 is 0 Å². The second kappa shape index (κ2) is 5.68. The van der Waals surface area contributed by atoms with E-state index < -0.39 is 0 Å². The van der Waals surface area contributed by atoms with Crippen LogP contribution in [0.5, 0.6) is 5.88 Å². The highest BCUT2D eigenvalue weighted by Gasteiger charge is 2.09. The van der Waals surface area contributed by atoms with Gasteiger partial charge in [-0.25, -0.2) is 4.98 Å². The number of hydrogen-bond donors (Lipinski definition) is 1. The summed E-state index contributed by atoms with van der Waals surface area (Å²) in [6.07, 6.45) is 0. The molecule has 0 aliphatic carbocycles. The van der Waals surface area contributed by atoms with Crippen LogP contribution in [0.3, 0.4) is 0 Å². The summed E-state index contributed by atoms with van der Waals surface area (Å²) in [6, 6.07) is 2.19. The highest BCUT2D eigenvalue weighted by Crippen LogP contribution is 2.14. The summed E-state index contributed by atoms with van der Waals surface area (Å²) >= 11 is 0. The summed E-state index contributed by atoms with van der Waals surface area (Å²) in [5.41, 5.74) is 0.914. The third-order valence-electron chi connectivity index (χ3n) is 2.48. The van der Waals surface area contributed by atoms with E-state index >= 15 is 0 Å². The van der Waals surface area contributed by atoms with Crippen molar-refractivity contribution in [3.63, 3.8) is 0 Å². The lowest BCUT2D eigenvalue weighted by atomic mass is 10.1. The standard InChI is InChI=1S/C12H21N3O/c1-6-16-11-7-9(4)13-12(15-11)14-10(5)8(2)3/h7-8,10H,6H2,1-5H3,(H,13,14,15). The average Bonchev–Trinajstić information content (AvgIpc) is 2.16. The van der Waals surface area contributed by atoms with E-state index in [2.05, 4.69) is 36.1 Å². The fourth-order valence-electron chi connectivity index (χ4n) is 1.20. The first-order valence-electron chi connectivity index (χ1n) is 5.78. The van der Waals surface area contributed by atoms with Crippen LogP contribution >= 0.6 is 0 Å². The molecule has 1 heterocycles. The molecule has 0 aliphatic heterocycles. The van der Waals surface area contributed by atoms with Crippen molar-refractivity contribution in [3.8, 4) is 5.88 Å². The molecule has 90 valence electrons. The number of hydrogen-bond acceptors (Lipinski definition) is 4. The van der Waals surface area contributed by atoms with Crippen LogP contribution in [0.15, 0.2) is 6.07 Å². The molecule has 0 spiro atoms. The van der Waals surface area contributed by atoms with Crippen LogP contribution in [-0.2, 0) is 0 Å². The molecule has 0 bridgehead atoms. The van der Waals surface area contributed by atoms with Crippen LogP contribution < -0.4 is 10.1 Å². The van der Waals surface area contributed by atoms with E-state index in [-0.39, 0.29) is 0 Å². The van der Waals surface area contributed by atoms with Gasteiger partial charge in [-0.05, 0) is 26.7 Å². The van der Waals surface area contributed by atoms with E-state index in [4.69, 9.17) is 4.74 Å². The Hall–Kier alpha value is -1.32. The minimum absolute atomic E-state index is 0.344. The summed E-state index contributed by atoms with van der Waals surface area (Å²) in [5, 5.41) is 3.28. The van der Waals surface area contributed by atoms with Crippen molar-refractivity contribution in [1.29, 1.82) is 0 Å². The maximum Gasteiger partial charge on any atom is 0.226 e. The van der Waals surface area contributed by atoms with Crippen molar-refractivity contribution in [2.24, 2.45) is 5.92 Å². The minimum Gasteiger partial charge on any atom is -0.478 e. The summed E-state index contributed by atoms with van der Waals surface area (Å²) in [5.74, 6) is 1.82. The molecule has 4 heteroatoms. The molecule has 0 saturated heterocycles. The molecule has 0 fully saturated rings. The summed E-state index contributed by atoms with van der Waals surface area (Å²) < 4.78 is 5.38. The average molecular weight is 223 g/mol. The molecule has 1 N–H and O–H groups in total. The van der Waals surface area contributed by atoms with Crippen molar-refractivity contribution in [2.75, 3.05) is 11.9 Å². The molecule has 1 unspecified atom stereocenters. The summed E-state index contributed by atoms with van der Waals surface area (Å²) in [6.45, 7) is 11.0. The van der Waals surface area contributed by atoms with Gasteiger partial charge in [0.2, 0.25) is 11.8 Å². The van der Waals surface area contributed by atoms with Crippen LogP contribution in [-0.4, -0.2) is 22.6 Å². The van der Waals surface area contributed by atoms with Gasteiger partial charge in [-0.15, -0.1) is 0 Å². The highest BCUT2D eigenvalue weighted by molar-refractivity contribution is 5.31. The third kappa shape index (κ3) is 3.68. The van der Waals surface area contributed by atoms with Gasteiger partial charge in [0.05, 0.1) is 6.61 Å². The molecular weight excluding hydrogens is 202 g/mol. The summed E-state index contributed by atoms with van der Waals surface area (Å²) in [4.78, 5) is 8.64. The molecule has 16 heavy (non-hydrogen) atoms. The van der Waals surface area contributed by atoms with Crippen molar-refractivity contribution in [1.82, 2.24) is 9.97 Å². The van der Waals surface area contributed by atoms with Gasteiger partial charge < -0.3 is 10.1 Å². The van der Waals surface area contributed by atoms with E-state index in [1.54, 1.807) is 0 Å². The lowest BCUT2D eigenvalue weighted by molar-refractivity contribution is 0.326. The largest absolute Gasteiger partial charge is 0.478 e. The number of ether oxygens (including phenoxy) is 1. The molecule has 4 nitrogen and oxygen atoms in total. The van der Waals surface area contributed by atoms with Gasteiger partial charge in [-0.2, -0.15) is 4.98 Å². The molecule has 0 radical (unpaired) electrons. The fourth-order valence-corrected chi connectivity index (χ4v) is 1.20. The Morgan fingerprint density at radius 1 is 1.31 bits per heavy atom. The van der Waals surface area contributed by atoms with Gasteiger partial charge in [0.25, 0.3) is 0 Å². The number of nitrogens with zero attached hydrogens (tertiary/aromatic N) is 2. The van der Waals surface area contributed by atoms with E-state index in [1.165, 1.54) is 0 Å². The van der Waals surface area contributed by atoms with Crippen LogP contribution in [0.25, 0.3) is 0 Å². The molecule has 0 aliphatic rings. The predicted octanol–water partition coefficient (Wildman–Crippen LogP) is 2.64. The number of nitrogens with one attached hydrogen (secondary N) is 1. The van der Waals surface area contributed by atoms with Crippen LogP contribution in [0.1, 0.15) is 33.4 Å². The van der Waals surface area contributed by atoms with Crippen LogP contribution in [0.4, 0.5) is 5.95 Å². The zero-order valence-electron chi connectivity index (χ0n) is 10.7. The number of aromatic nitrogens is 2. The normalized spacial score (nSPS) is 12.6. The topological polar surface area (TPSA) is 47.0 Å². The predicted molar refractivity (Wildman–Crippen MR) is 65.9 cm³/mol. The first kappa shape index (κ1) is 12.7. The Labute approximate surface area is 97.5 Å². The van der Waals surface area contributed by atoms with Crippen molar-refractivity contribution in [3.05, 3.63) is 11.8 Å². The van der Waals surface area contributed by atoms with Gasteiger partial charge in [0.15, 0.2) is 0 Å². The number of anilines is 1. The van der Waals surface area contributed by atoms with Crippen molar-refractivity contribution in [2.45, 2.75) is 40.7 Å². The second-order valence-corrected chi connectivity index (χ2v) is 4.28. The van der Waals surface area contributed by atoms with E-state index in [9.17, 15) is 0 Å². The van der Waals surface area contributed by atoms with Crippen LogP contribution in [0.2, 0.25) is 0 Å². The Bertz CT molecular complexity index is 339. The van der Waals surface area contributed by atoms with Crippen molar-refractivity contribution < 1.29 is 4.74 Å². The maximum absolute atomic E-state index is 5.38. The molecule has 1 aromatic heterocycles. The Balaban J connectivity index is 2.79. The Kier molecular flexibility index (Phi) is 4.52. The van der Waals surface area contributed by atoms with Gasteiger partial charge in [-0.1, -0.05) is 13.8 Å². The zero-order chi connectivity index (χ0) is 12.1. The first-order chi connectivity index (χ1) is 7.52. The quantitative estimate of drug-likeness (QED) is 0.833. The van der Waals surface area contributed by atoms with E-state index in [0.29, 0.717) is 30.4 Å². The smallest absolute Gasteiger partial charge is 0.226 e. The van der Waals surface area contributed by atoms with Gasteiger partial charge in [-0.3, -0.25) is 0 Å². The molecule has 0 saturated carbocycles. The first-order valence-corrected chi connectivity index (χ1v) is 5.78. The molecule has 0 amide bonds. The molecule has 0 aromatic carbocycles.